The second-order valence-electron chi connectivity index (χ2n) is 5.60. The summed E-state index contributed by atoms with van der Waals surface area (Å²) in [7, 11) is 0. The van der Waals surface area contributed by atoms with Gasteiger partial charge in [0, 0.05) is 19.7 Å². The van der Waals surface area contributed by atoms with Crippen molar-refractivity contribution in [3.05, 3.63) is 0 Å². The zero-order valence-electron chi connectivity index (χ0n) is 12.2. The maximum Gasteiger partial charge on any atom is 0.0702 e. The molecule has 2 unspecified atom stereocenters. The fraction of sp³-hybridized carbons (Fsp3) is 1.00. The molecule has 108 valence electrons. The van der Waals surface area contributed by atoms with Crippen LogP contribution < -0.4 is 5.32 Å². The van der Waals surface area contributed by atoms with Gasteiger partial charge in [-0.3, -0.25) is 4.90 Å². The zero-order chi connectivity index (χ0) is 13.4. The number of hydrogen-bond donors (Lipinski definition) is 2. The fourth-order valence-electron chi connectivity index (χ4n) is 2.61. The Balaban J connectivity index is 2.42. The lowest BCUT2D eigenvalue weighted by atomic mass is 10.00. The maximum absolute atomic E-state index is 9.59. The predicted octanol–water partition coefficient (Wildman–Crippen LogP) is 1.24. The van der Waals surface area contributed by atoms with Crippen molar-refractivity contribution in [3.8, 4) is 0 Å². The molecule has 18 heavy (non-hydrogen) atoms. The van der Waals surface area contributed by atoms with Gasteiger partial charge >= 0.3 is 0 Å². The van der Waals surface area contributed by atoms with Crippen LogP contribution in [0.5, 0.6) is 0 Å². The summed E-state index contributed by atoms with van der Waals surface area (Å²) in [5.74, 6) is 0. The first-order valence-corrected chi connectivity index (χ1v) is 7.33. The highest BCUT2D eigenvalue weighted by Crippen LogP contribution is 2.16. The summed E-state index contributed by atoms with van der Waals surface area (Å²) in [6, 6.07) is 0. The SMILES string of the molecule is CCCNC(C)(CO)CN1CCCC(OCC)C1. The van der Waals surface area contributed by atoms with Gasteiger partial charge in [-0.2, -0.15) is 0 Å². The molecule has 0 spiro atoms. The number of rotatable bonds is 8. The van der Waals surface area contributed by atoms with Gasteiger partial charge in [0.15, 0.2) is 0 Å². The normalized spacial score (nSPS) is 25.0. The highest BCUT2D eigenvalue weighted by molar-refractivity contribution is 4.88. The molecular weight excluding hydrogens is 228 g/mol. The molecule has 1 heterocycles. The lowest BCUT2D eigenvalue weighted by Gasteiger charge is -2.39. The first-order chi connectivity index (χ1) is 8.63. The minimum atomic E-state index is -0.190. The van der Waals surface area contributed by atoms with E-state index in [1.807, 2.05) is 0 Å². The van der Waals surface area contributed by atoms with Crippen molar-refractivity contribution >= 4 is 0 Å². The smallest absolute Gasteiger partial charge is 0.0702 e. The molecule has 0 aromatic heterocycles. The van der Waals surface area contributed by atoms with Crippen molar-refractivity contribution in [2.75, 3.05) is 39.4 Å². The summed E-state index contributed by atoms with van der Waals surface area (Å²) >= 11 is 0. The second-order valence-corrected chi connectivity index (χ2v) is 5.60. The van der Waals surface area contributed by atoms with Crippen LogP contribution >= 0.6 is 0 Å². The predicted molar refractivity (Wildman–Crippen MR) is 74.9 cm³/mol. The number of likely N-dealkylation sites (tertiary alicyclic amines) is 1. The Hall–Kier alpha value is -0.160. The third-order valence-corrected chi connectivity index (χ3v) is 3.59. The quantitative estimate of drug-likeness (QED) is 0.687. The van der Waals surface area contributed by atoms with E-state index < -0.39 is 0 Å². The van der Waals surface area contributed by atoms with Crippen LogP contribution in [0.4, 0.5) is 0 Å². The second kappa shape index (κ2) is 8.10. The van der Waals surface area contributed by atoms with Gasteiger partial charge in [-0.15, -0.1) is 0 Å². The lowest BCUT2D eigenvalue weighted by molar-refractivity contribution is -0.00527. The van der Waals surface area contributed by atoms with Crippen LogP contribution in [-0.2, 0) is 4.74 Å². The van der Waals surface area contributed by atoms with E-state index in [0.717, 1.165) is 39.2 Å². The summed E-state index contributed by atoms with van der Waals surface area (Å²) < 4.78 is 5.72. The topological polar surface area (TPSA) is 44.7 Å². The van der Waals surface area contributed by atoms with Crippen molar-refractivity contribution in [2.45, 2.75) is 51.7 Å². The standard InChI is InChI=1S/C14H30N2O2/c1-4-8-15-14(3,12-17)11-16-9-6-7-13(10-16)18-5-2/h13,15,17H,4-12H2,1-3H3. The molecule has 0 aliphatic carbocycles. The molecule has 1 saturated heterocycles. The van der Waals surface area contributed by atoms with Crippen molar-refractivity contribution in [2.24, 2.45) is 0 Å². The molecule has 1 fully saturated rings. The van der Waals surface area contributed by atoms with Crippen LogP contribution in [0.25, 0.3) is 0 Å². The molecule has 4 nitrogen and oxygen atoms in total. The van der Waals surface area contributed by atoms with E-state index in [-0.39, 0.29) is 12.1 Å². The average molecular weight is 258 g/mol. The summed E-state index contributed by atoms with van der Waals surface area (Å²) in [5.41, 5.74) is -0.190. The molecule has 2 atom stereocenters. The monoisotopic (exact) mass is 258 g/mol. The van der Waals surface area contributed by atoms with Gasteiger partial charge in [-0.05, 0) is 46.2 Å². The molecule has 0 radical (unpaired) electrons. The highest BCUT2D eigenvalue weighted by atomic mass is 16.5. The number of nitrogens with zero attached hydrogens (tertiary/aromatic N) is 1. The first-order valence-electron chi connectivity index (χ1n) is 7.33. The minimum Gasteiger partial charge on any atom is -0.394 e. The molecule has 1 aliphatic rings. The molecule has 0 bridgehead atoms. The Morgan fingerprint density at radius 3 is 2.83 bits per heavy atom. The van der Waals surface area contributed by atoms with Crippen molar-refractivity contribution < 1.29 is 9.84 Å². The van der Waals surface area contributed by atoms with E-state index in [9.17, 15) is 5.11 Å². The van der Waals surface area contributed by atoms with Crippen LogP contribution in [0.3, 0.4) is 0 Å². The molecule has 1 rings (SSSR count). The van der Waals surface area contributed by atoms with Crippen molar-refractivity contribution in [1.82, 2.24) is 10.2 Å². The van der Waals surface area contributed by atoms with Crippen LogP contribution in [-0.4, -0.2) is 61.0 Å². The number of piperidine rings is 1. The third-order valence-electron chi connectivity index (χ3n) is 3.59. The molecule has 4 heteroatoms. The van der Waals surface area contributed by atoms with Gasteiger partial charge < -0.3 is 15.2 Å². The summed E-state index contributed by atoms with van der Waals surface area (Å²) in [4.78, 5) is 2.42. The number of ether oxygens (including phenoxy) is 1. The number of aliphatic hydroxyl groups is 1. The van der Waals surface area contributed by atoms with E-state index in [1.165, 1.54) is 12.8 Å². The van der Waals surface area contributed by atoms with Crippen LogP contribution in [0.1, 0.15) is 40.0 Å². The molecule has 2 N–H and O–H groups in total. The van der Waals surface area contributed by atoms with Crippen LogP contribution in [0.2, 0.25) is 0 Å². The summed E-state index contributed by atoms with van der Waals surface area (Å²) in [6.45, 7) is 11.3. The van der Waals surface area contributed by atoms with E-state index in [2.05, 4.69) is 31.0 Å². The molecule has 0 aromatic rings. The third kappa shape index (κ3) is 5.22. The van der Waals surface area contributed by atoms with Crippen molar-refractivity contribution in [3.63, 3.8) is 0 Å². The number of hydrogen-bond acceptors (Lipinski definition) is 4. The highest BCUT2D eigenvalue weighted by Gasteiger charge is 2.28. The molecule has 0 saturated carbocycles. The minimum absolute atomic E-state index is 0.183. The van der Waals surface area contributed by atoms with E-state index >= 15 is 0 Å². The number of aliphatic hydroxyl groups excluding tert-OH is 1. The Kier molecular flexibility index (Phi) is 7.15. The van der Waals surface area contributed by atoms with E-state index in [4.69, 9.17) is 4.74 Å². The van der Waals surface area contributed by atoms with Crippen molar-refractivity contribution in [1.29, 1.82) is 0 Å². The lowest BCUT2D eigenvalue weighted by Crippen LogP contribution is -2.56. The van der Waals surface area contributed by atoms with Crippen LogP contribution in [0.15, 0.2) is 0 Å². The Morgan fingerprint density at radius 2 is 2.22 bits per heavy atom. The molecule has 1 aliphatic heterocycles. The summed E-state index contributed by atoms with van der Waals surface area (Å²) in [6.07, 6.45) is 3.83. The molecule has 0 aromatic carbocycles. The van der Waals surface area contributed by atoms with E-state index in [0.29, 0.717) is 6.10 Å². The van der Waals surface area contributed by atoms with Gasteiger partial charge in [0.05, 0.1) is 18.2 Å². The first kappa shape index (κ1) is 15.9. The van der Waals surface area contributed by atoms with Gasteiger partial charge in [-0.25, -0.2) is 0 Å². The Morgan fingerprint density at radius 1 is 1.44 bits per heavy atom. The number of nitrogens with one attached hydrogen (secondary N) is 1. The average Bonchev–Trinajstić information content (AvgIpc) is 2.37. The zero-order valence-corrected chi connectivity index (χ0v) is 12.2. The molecule has 0 amide bonds. The fourth-order valence-corrected chi connectivity index (χ4v) is 2.61. The van der Waals surface area contributed by atoms with Gasteiger partial charge in [-0.1, -0.05) is 6.92 Å². The van der Waals surface area contributed by atoms with Gasteiger partial charge in [0.2, 0.25) is 0 Å². The molecular formula is C14H30N2O2. The largest absolute Gasteiger partial charge is 0.394 e. The van der Waals surface area contributed by atoms with E-state index in [1.54, 1.807) is 0 Å². The van der Waals surface area contributed by atoms with Gasteiger partial charge in [0.1, 0.15) is 0 Å². The van der Waals surface area contributed by atoms with Gasteiger partial charge in [0.25, 0.3) is 0 Å². The summed E-state index contributed by atoms with van der Waals surface area (Å²) in [5, 5.41) is 13.0. The van der Waals surface area contributed by atoms with Crippen LogP contribution in [0, 0.1) is 0 Å². The Labute approximate surface area is 112 Å². The maximum atomic E-state index is 9.59. The Bertz CT molecular complexity index is 224.